The zero-order valence-corrected chi connectivity index (χ0v) is 11.2. The Morgan fingerprint density at radius 2 is 1.95 bits per heavy atom. The van der Waals surface area contributed by atoms with E-state index in [1.165, 1.54) is 0 Å². The summed E-state index contributed by atoms with van der Waals surface area (Å²) in [5.41, 5.74) is 4.21. The second-order valence-electron chi connectivity index (χ2n) is 5.21. The number of H-pyrrole nitrogens is 1. The van der Waals surface area contributed by atoms with Gasteiger partial charge in [-0.25, -0.2) is 4.79 Å². The van der Waals surface area contributed by atoms with Crippen LogP contribution in [0.3, 0.4) is 0 Å². The molecule has 1 amide bonds. The molecule has 0 fully saturated rings. The first kappa shape index (κ1) is 12.0. The minimum atomic E-state index is -0.138. The van der Waals surface area contributed by atoms with E-state index in [0.29, 0.717) is 18.7 Å². The van der Waals surface area contributed by atoms with Gasteiger partial charge in [-0.3, -0.25) is 9.36 Å². The van der Waals surface area contributed by atoms with Crippen molar-refractivity contribution >= 4 is 16.9 Å². The smallest absolute Gasteiger partial charge is 0.326 e. The molecule has 5 nitrogen and oxygen atoms in total. The normalized spacial score (nSPS) is 13.4. The summed E-state index contributed by atoms with van der Waals surface area (Å²) in [7, 11) is 0. The van der Waals surface area contributed by atoms with Gasteiger partial charge in [-0.05, 0) is 29.3 Å². The third kappa shape index (κ3) is 1.86. The van der Waals surface area contributed by atoms with E-state index in [0.717, 1.165) is 22.2 Å². The Morgan fingerprint density at radius 3 is 2.86 bits per heavy atom. The number of benzene rings is 2. The number of aromatic amines is 1. The van der Waals surface area contributed by atoms with Crippen LogP contribution in [-0.2, 0) is 13.1 Å². The molecule has 0 unspecified atom stereocenters. The highest BCUT2D eigenvalue weighted by Gasteiger charge is 2.19. The second kappa shape index (κ2) is 4.34. The largest absolute Gasteiger partial charge is 0.348 e. The fourth-order valence-electron chi connectivity index (χ4n) is 2.80. The highest BCUT2D eigenvalue weighted by Crippen LogP contribution is 2.18. The number of hydrogen-bond acceptors (Lipinski definition) is 2. The van der Waals surface area contributed by atoms with E-state index < -0.39 is 0 Å². The van der Waals surface area contributed by atoms with E-state index in [1.807, 2.05) is 42.5 Å². The van der Waals surface area contributed by atoms with Crippen molar-refractivity contribution in [2.24, 2.45) is 0 Å². The van der Waals surface area contributed by atoms with Crippen LogP contribution in [0, 0.1) is 0 Å². The van der Waals surface area contributed by atoms with Gasteiger partial charge in [0.1, 0.15) is 0 Å². The van der Waals surface area contributed by atoms with Crippen molar-refractivity contribution in [3.8, 4) is 0 Å². The first-order chi connectivity index (χ1) is 10.2. The summed E-state index contributed by atoms with van der Waals surface area (Å²) in [5, 5.41) is 2.80. The topological polar surface area (TPSA) is 66.9 Å². The van der Waals surface area contributed by atoms with Gasteiger partial charge in [0.15, 0.2) is 0 Å². The summed E-state index contributed by atoms with van der Waals surface area (Å²) < 4.78 is 1.68. The molecule has 1 aliphatic heterocycles. The van der Waals surface area contributed by atoms with E-state index in [2.05, 4.69) is 10.3 Å². The number of nitrogens with zero attached hydrogens (tertiary/aromatic N) is 1. The van der Waals surface area contributed by atoms with E-state index in [1.54, 1.807) is 4.57 Å². The highest BCUT2D eigenvalue weighted by molar-refractivity contribution is 5.98. The SMILES string of the molecule is O=C1NCc2ccc(Cn3c(=O)[nH]c4ccccc43)cc21. The maximum absolute atomic E-state index is 12.1. The molecule has 0 saturated heterocycles. The van der Waals surface area contributed by atoms with E-state index in [9.17, 15) is 9.59 Å². The average molecular weight is 279 g/mol. The number of imidazole rings is 1. The Labute approximate surface area is 120 Å². The summed E-state index contributed by atoms with van der Waals surface area (Å²) >= 11 is 0. The second-order valence-corrected chi connectivity index (χ2v) is 5.21. The van der Waals surface area contributed by atoms with Gasteiger partial charge in [-0.15, -0.1) is 0 Å². The van der Waals surface area contributed by atoms with Crippen molar-refractivity contribution in [3.63, 3.8) is 0 Å². The summed E-state index contributed by atoms with van der Waals surface area (Å²) in [6, 6.07) is 13.4. The molecule has 3 aromatic rings. The lowest BCUT2D eigenvalue weighted by atomic mass is 10.1. The van der Waals surface area contributed by atoms with Crippen molar-refractivity contribution in [2.75, 3.05) is 0 Å². The molecule has 1 aromatic heterocycles. The zero-order valence-electron chi connectivity index (χ0n) is 11.2. The lowest BCUT2D eigenvalue weighted by Gasteiger charge is -2.05. The van der Waals surface area contributed by atoms with Crippen LogP contribution in [0.1, 0.15) is 21.5 Å². The van der Waals surface area contributed by atoms with Gasteiger partial charge >= 0.3 is 5.69 Å². The van der Waals surface area contributed by atoms with E-state index in [-0.39, 0.29) is 11.6 Å². The number of hydrogen-bond donors (Lipinski definition) is 2. The molecule has 0 atom stereocenters. The number of rotatable bonds is 2. The summed E-state index contributed by atoms with van der Waals surface area (Å²) in [5.74, 6) is -0.0434. The molecule has 1 aliphatic rings. The van der Waals surface area contributed by atoms with Gasteiger partial charge in [0.25, 0.3) is 5.91 Å². The van der Waals surface area contributed by atoms with Crippen molar-refractivity contribution in [3.05, 3.63) is 69.6 Å². The monoisotopic (exact) mass is 279 g/mol. The molecule has 0 aliphatic carbocycles. The van der Waals surface area contributed by atoms with Crippen molar-refractivity contribution in [2.45, 2.75) is 13.1 Å². The zero-order chi connectivity index (χ0) is 14.4. The summed E-state index contributed by atoms with van der Waals surface area (Å²) in [6.45, 7) is 1.03. The lowest BCUT2D eigenvalue weighted by Crippen LogP contribution is -2.17. The molecule has 4 rings (SSSR count). The molecule has 0 bridgehead atoms. The van der Waals surface area contributed by atoms with Gasteiger partial charge in [0.05, 0.1) is 17.6 Å². The first-order valence-corrected chi connectivity index (χ1v) is 6.80. The number of carbonyl (C=O) groups is 1. The van der Waals surface area contributed by atoms with Crippen LogP contribution >= 0.6 is 0 Å². The van der Waals surface area contributed by atoms with Crippen LogP contribution < -0.4 is 11.0 Å². The van der Waals surface area contributed by atoms with E-state index >= 15 is 0 Å². The number of fused-ring (bicyclic) bond motifs is 2. The molecule has 0 saturated carbocycles. The van der Waals surface area contributed by atoms with Gasteiger partial charge in [-0.1, -0.05) is 24.3 Å². The van der Waals surface area contributed by atoms with E-state index in [4.69, 9.17) is 0 Å². The number of carbonyl (C=O) groups excluding carboxylic acids is 1. The predicted molar refractivity (Wildman–Crippen MR) is 79.3 cm³/mol. The van der Waals surface area contributed by atoms with Gasteiger partial charge in [0.2, 0.25) is 0 Å². The number of aromatic nitrogens is 2. The van der Waals surface area contributed by atoms with Crippen LogP contribution in [0.5, 0.6) is 0 Å². The molecule has 0 spiro atoms. The maximum Gasteiger partial charge on any atom is 0.326 e. The van der Waals surface area contributed by atoms with Crippen LogP contribution in [0.15, 0.2) is 47.3 Å². The Kier molecular flexibility index (Phi) is 2.47. The molecule has 2 aromatic carbocycles. The third-order valence-corrected chi connectivity index (χ3v) is 3.88. The minimum absolute atomic E-state index is 0.0434. The fourth-order valence-corrected chi connectivity index (χ4v) is 2.80. The van der Waals surface area contributed by atoms with Crippen molar-refractivity contribution < 1.29 is 4.79 Å². The maximum atomic E-state index is 12.1. The van der Waals surface area contributed by atoms with Crippen LogP contribution in [0.4, 0.5) is 0 Å². The van der Waals surface area contributed by atoms with Crippen LogP contribution in [-0.4, -0.2) is 15.5 Å². The molecule has 2 heterocycles. The Bertz CT molecular complexity index is 921. The first-order valence-electron chi connectivity index (χ1n) is 6.80. The van der Waals surface area contributed by atoms with Gasteiger partial charge < -0.3 is 10.3 Å². The quantitative estimate of drug-likeness (QED) is 0.748. The number of nitrogens with one attached hydrogen (secondary N) is 2. The van der Waals surface area contributed by atoms with Crippen molar-refractivity contribution in [1.29, 1.82) is 0 Å². The average Bonchev–Trinajstić information content (AvgIpc) is 3.01. The molecular weight excluding hydrogens is 266 g/mol. The van der Waals surface area contributed by atoms with Gasteiger partial charge in [0, 0.05) is 12.1 Å². The number of para-hydroxylation sites is 2. The highest BCUT2D eigenvalue weighted by atomic mass is 16.2. The molecule has 21 heavy (non-hydrogen) atoms. The number of amides is 1. The fraction of sp³-hybridized carbons (Fsp3) is 0.125. The predicted octanol–water partition coefficient (Wildman–Crippen LogP) is 1.62. The Morgan fingerprint density at radius 1 is 1.10 bits per heavy atom. The Hall–Kier alpha value is -2.82. The molecule has 2 N–H and O–H groups in total. The third-order valence-electron chi connectivity index (χ3n) is 3.88. The van der Waals surface area contributed by atoms with Gasteiger partial charge in [-0.2, -0.15) is 0 Å². The standard InChI is InChI=1S/C16H13N3O2/c20-15-12-7-10(5-6-11(12)8-17-15)9-19-14-4-2-1-3-13(14)18-16(19)21/h1-7H,8-9H2,(H,17,20)(H,18,21). The molecule has 5 heteroatoms. The molecule has 0 radical (unpaired) electrons. The molecular formula is C16H13N3O2. The lowest BCUT2D eigenvalue weighted by molar-refractivity contribution is 0.0965. The Balaban J connectivity index is 1.79. The van der Waals surface area contributed by atoms with Crippen molar-refractivity contribution in [1.82, 2.24) is 14.9 Å². The summed E-state index contributed by atoms with van der Waals surface area (Å²) in [6.07, 6.45) is 0. The van der Waals surface area contributed by atoms with Crippen LogP contribution in [0.2, 0.25) is 0 Å². The minimum Gasteiger partial charge on any atom is -0.348 e. The van der Waals surface area contributed by atoms with Crippen LogP contribution in [0.25, 0.3) is 11.0 Å². The summed E-state index contributed by atoms with van der Waals surface area (Å²) in [4.78, 5) is 26.6. The molecule has 104 valence electrons.